The van der Waals surface area contributed by atoms with E-state index in [2.05, 4.69) is 88.4 Å². The first-order valence-electron chi connectivity index (χ1n) is 10.1. The predicted molar refractivity (Wildman–Crippen MR) is 132 cm³/mol. The van der Waals surface area contributed by atoms with Gasteiger partial charge in [0, 0.05) is 4.91 Å². The van der Waals surface area contributed by atoms with Crippen molar-refractivity contribution >= 4 is 23.8 Å². The Kier molecular flexibility index (Phi) is 13.9. The van der Waals surface area contributed by atoms with Crippen LogP contribution in [0, 0.1) is 13.8 Å². The van der Waals surface area contributed by atoms with Crippen LogP contribution in [0.25, 0.3) is 6.08 Å². The monoisotopic (exact) mass is 398 g/mol. The Hall–Kier alpha value is -2.00. The van der Waals surface area contributed by atoms with Gasteiger partial charge in [0.1, 0.15) is 5.82 Å². The summed E-state index contributed by atoms with van der Waals surface area (Å²) in [6.07, 6.45) is 15.0. The SMILES string of the molecule is C=C(C)/C=C(C)\C=C\c1nc(NS/C(C)=C/C=C\CCC)cc(C)c1C.CC. The zero-order valence-electron chi connectivity index (χ0n) is 19.0. The van der Waals surface area contributed by atoms with Crippen LogP contribution in [0.3, 0.4) is 0 Å². The van der Waals surface area contributed by atoms with Gasteiger partial charge in [0.2, 0.25) is 0 Å². The third kappa shape index (κ3) is 11.0. The van der Waals surface area contributed by atoms with Gasteiger partial charge in [0.05, 0.1) is 5.69 Å². The number of allylic oxidation sites excluding steroid dienone is 8. The lowest BCUT2D eigenvalue weighted by molar-refractivity contribution is 0.959. The second kappa shape index (κ2) is 15.0. The molecule has 2 nitrogen and oxygen atoms in total. The Bertz CT molecular complexity index is 737. The number of pyridine rings is 1. The maximum Gasteiger partial charge on any atom is 0.137 e. The lowest BCUT2D eigenvalue weighted by Gasteiger charge is -2.10. The van der Waals surface area contributed by atoms with E-state index in [4.69, 9.17) is 4.98 Å². The van der Waals surface area contributed by atoms with Crippen molar-refractivity contribution in [2.45, 2.75) is 68.2 Å². The van der Waals surface area contributed by atoms with Gasteiger partial charge in [0.25, 0.3) is 0 Å². The quantitative estimate of drug-likeness (QED) is 0.333. The largest absolute Gasteiger partial charge is 0.310 e. The van der Waals surface area contributed by atoms with Gasteiger partial charge < -0.3 is 4.72 Å². The fourth-order valence-corrected chi connectivity index (χ4v) is 2.77. The molecule has 1 aromatic rings. The highest BCUT2D eigenvalue weighted by Gasteiger charge is 2.04. The van der Waals surface area contributed by atoms with Crippen LogP contribution in [0.5, 0.6) is 0 Å². The second-order valence-corrected chi connectivity index (χ2v) is 7.65. The summed E-state index contributed by atoms with van der Waals surface area (Å²) in [7, 11) is 0. The van der Waals surface area contributed by atoms with E-state index in [0.717, 1.165) is 23.5 Å². The first kappa shape index (κ1) is 26.0. The van der Waals surface area contributed by atoms with Gasteiger partial charge >= 0.3 is 0 Å². The minimum absolute atomic E-state index is 0.879. The fraction of sp³-hybridized carbons (Fsp3) is 0.400. The summed E-state index contributed by atoms with van der Waals surface area (Å²) in [6, 6.07) is 2.09. The van der Waals surface area contributed by atoms with Gasteiger partial charge in [-0.3, -0.25) is 0 Å². The van der Waals surface area contributed by atoms with Gasteiger partial charge in [-0.05, 0) is 76.3 Å². The molecule has 0 amide bonds. The van der Waals surface area contributed by atoms with Crippen LogP contribution < -0.4 is 4.72 Å². The van der Waals surface area contributed by atoms with Crippen LogP contribution >= 0.6 is 11.9 Å². The molecule has 0 unspecified atom stereocenters. The summed E-state index contributed by atoms with van der Waals surface area (Å²) in [5.41, 5.74) is 5.65. The van der Waals surface area contributed by atoms with Crippen molar-refractivity contribution in [2.24, 2.45) is 0 Å². The summed E-state index contributed by atoms with van der Waals surface area (Å²) < 4.78 is 3.35. The van der Waals surface area contributed by atoms with E-state index >= 15 is 0 Å². The molecule has 28 heavy (non-hydrogen) atoms. The Morgan fingerprint density at radius 2 is 1.89 bits per heavy atom. The summed E-state index contributed by atoms with van der Waals surface area (Å²) in [5, 5.41) is 0. The van der Waals surface area contributed by atoms with Gasteiger partial charge in [-0.1, -0.05) is 75.3 Å². The van der Waals surface area contributed by atoms with Crippen molar-refractivity contribution in [3.8, 4) is 0 Å². The zero-order valence-corrected chi connectivity index (χ0v) is 19.8. The summed E-state index contributed by atoms with van der Waals surface area (Å²) in [6.45, 7) is 20.5. The molecule has 0 saturated heterocycles. The van der Waals surface area contributed by atoms with Gasteiger partial charge in [0.15, 0.2) is 0 Å². The van der Waals surface area contributed by atoms with E-state index in [1.165, 1.54) is 28.0 Å². The predicted octanol–water partition coefficient (Wildman–Crippen LogP) is 8.58. The van der Waals surface area contributed by atoms with E-state index in [1.807, 2.05) is 20.8 Å². The molecular weight excluding hydrogens is 360 g/mol. The third-order valence-electron chi connectivity index (χ3n) is 3.79. The molecule has 3 heteroatoms. The van der Waals surface area contributed by atoms with Gasteiger partial charge in [-0.2, -0.15) is 0 Å². The topological polar surface area (TPSA) is 24.9 Å². The van der Waals surface area contributed by atoms with E-state index in [9.17, 15) is 0 Å². The smallest absolute Gasteiger partial charge is 0.137 e. The van der Waals surface area contributed by atoms with E-state index in [1.54, 1.807) is 11.9 Å². The molecule has 0 aliphatic carbocycles. The summed E-state index contributed by atoms with van der Waals surface area (Å²) in [5.74, 6) is 0.879. The maximum atomic E-state index is 4.75. The summed E-state index contributed by atoms with van der Waals surface area (Å²) in [4.78, 5) is 5.96. The zero-order chi connectivity index (χ0) is 21.5. The Morgan fingerprint density at radius 3 is 2.50 bits per heavy atom. The highest BCUT2D eigenvalue weighted by atomic mass is 32.2. The van der Waals surface area contributed by atoms with Crippen LogP contribution in [-0.4, -0.2) is 4.98 Å². The van der Waals surface area contributed by atoms with Crippen LogP contribution in [0.15, 0.2) is 59.1 Å². The maximum absolute atomic E-state index is 4.75. The molecule has 1 rings (SSSR count). The normalized spacial score (nSPS) is 12.3. The summed E-state index contributed by atoms with van der Waals surface area (Å²) >= 11 is 1.59. The number of anilines is 1. The molecule has 0 aliphatic heterocycles. The number of aryl methyl sites for hydroxylation is 1. The van der Waals surface area contributed by atoms with Crippen LogP contribution in [0.4, 0.5) is 5.82 Å². The molecule has 154 valence electrons. The standard InChI is InChI=1S/C23H32N2S.C2H6/c1-8-9-10-11-12-20(6)26-25-23-16-19(5)21(7)22(24-23)14-13-18(4)15-17(2)3;1-2/h10-16H,2,8-9H2,1,3-7H3,(H,24,25);1-2H3/b11-10-,14-13+,18-15-,20-12+;. The van der Waals surface area contributed by atoms with Crippen LogP contribution in [0.2, 0.25) is 0 Å². The van der Waals surface area contributed by atoms with Crippen LogP contribution in [0.1, 0.15) is 71.2 Å². The first-order chi connectivity index (χ1) is 13.3. The van der Waals surface area contributed by atoms with Gasteiger partial charge in [-0.15, -0.1) is 0 Å². The third-order valence-corrected chi connectivity index (χ3v) is 4.56. The minimum atomic E-state index is 0.879. The highest BCUT2D eigenvalue weighted by molar-refractivity contribution is 8.04. The molecule has 0 fully saturated rings. The highest BCUT2D eigenvalue weighted by Crippen LogP contribution is 2.22. The number of aromatic nitrogens is 1. The average molecular weight is 399 g/mol. The fourth-order valence-electron chi connectivity index (χ4n) is 2.26. The number of nitrogens with one attached hydrogen (secondary N) is 1. The van der Waals surface area contributed by atoms with Crippen molar-refractivity contribution in [3.63, 3.8) is 0 Å². The van der Waals surface area contributed by atoms with Gasteiger partial charge in [-0.25, -0.2) is 4.98 Å². The molecule has 0 bridgehead atoms. The van der Waals surface area contributed by atoms with Crippen molar-refractivity contribution < 1.29 is 0 Å². The molecule has 0 atom stereocenters. The molecule has 0 aromatic carbocycles. The second-order valence-electron chi connectivity index (χ2n) is 6.60. The van der Waals surface area contributed by atoms with E-state index < -0.39 is 0 Å². The van der Waals surface area contributed by atoms with Crippen molar-refractivity contribution in [1.82, 2.24) is 4.98 Å². The number of nitrogens with zero attached hydrogens (tertiary/aromatic N) is 1. The van der Waals surface area contributed by atoms with E-state index in [0.29, 0.717) is 0 Å². The van der Waals surface area contributed by atoms with E-state index in [-0.39, 0.29) is 0 Å². The molecule has 1 N–H and O–H groups in total. The lowest BCUT2D eigenvalue weighted by atomic mass is 10.1. The minimum Gasteiger partial charge on any atom is -0.310 e. The Balaban J connectivity index is 0.00000352. The Labute approximate surface area is 177 Å². The van der Waals surface area contributed by atoms with Crippen molar-refractivity contribution in [1.29, 1.82) is 0 Å². The Morgan fingerprint density at radius 1 is 1.21 bits per heavy atom. The molecule has 0 spiro atoms. The number of hydrogen-bond acceptors (Lipinski definition) is 3. The molecule has 1 aromatic heterocycles. The lowest BCUT2D eigenvalue weighted by Crippen LogP contribution is -1.97. The molecule has 0 saturated carbocycles. The number of unbranched alkanes of at least 4 members (excludes halogenated alkanes) is 1. The molecule has 1 heterocycles. The van der Waals surface area contributed by atoms with Crippen LogP contribution in [-0.2, 0) is 0 Å². The first-order valence-corrected chi connectivity index (χ1v) is 10.9. The molecular formula is C25H38N2S. The molecule has 0 aliphatic rings. The van der Waals surface area contributed by atoms with Crippen molar-refractivity contribution in [3.05, 3.63) is 75.9 Å². The molecule has 0 radical (unpaired) electrons. The number of rotatable bonds is 9. The number of hydrogen-bond donors (Lipinski definition) is 1. The van der Waals surface area contributed by atoms with Crippen molar-refractivity contribution in [2.75, 3.05) is 4.72 Å². The average Bonchev–Trinajstić information content (AvgIpc) is 2.66.